The Balaban J connectivity index is 0.000000281. The Labute approximate surface area is 94.8 Å². The SMILES string of the molecule is C=CCOS(=O)(=O)O.C=CCn1ccnc1. The monoisotopic (exact) mass is 246 g/mol. The van der Waals surface area contributed by atoms with Crippen molar-refractivity contribution in [3.05, 3.63) is 44.0 Å². The number of allylic oxidation sites excluding steroid dienone is 1. The van der Waals surface area contributed by atoms with Crippen molar-refractivity contribution >= 4 is 10.4 Å². The van der Waals surface area contributed by atoms with Crippen LogP contribution >= 0.6 is 0 Å². The Bertz CT molecular complexity index is 397. The first-order chi connectivity index (χ1) is 7.49. The van der Waals surface area contributed by atoms with Gasteiger partial charge in [0.15, 0.2) is 0 Å². The van der Waals surface area contributed by atoms with Gasteiger partial charge in [-0.2, -0.15) is 8.42 Å². The molecule has 0 aliphatic heterocycles. The van der Waals surface area contributed by atoms with Crippen molar-refractivity contribution in [2.45, 2.75) is 6.54 Å². The standard InChI is InChI=1S/C6H8N2.C3H6O4S/c1-2-4-8-5-3-7-6-8;1-2-3-7-8(4,5)6/h2-3,5-6H,1,4H2;2H,1,3H2,(H,4,5,6). The number of nitrogens with zero attached hydrogens (tertiary/aromatic N) is 2. The Morgan fingerprint density at radius 2 is 2.12 bits per heavy atom. The summed E-state index contributed by atoms with van der Waals surface area (Å²) >= 11 is 0. The summed E-state index contributed by atoms with van der Waals surface area (Å²) in [5, 5.41) is 0. The van der Waals surface area contributed by atoms with Crippen molar-refractivity contribution < 1.29 is 17.2 Å². The average molecular weight is 246 g/mol. The van der Waals surface area contributed by atoms with E-state index in [0.717, 1.165) is 6.54 Å². The molecule has 0 saturated heterocycles. The van der Waals surface area contributed by atoms with Crippen LogP contribution in [-0.2, 0) is 21.1 Å². The number of imidazole rings is 1. The van der Waals surface area contributed by atoms with Gasteiger partial charge in [-0.3, -0.25) is 4.55 Å². The number of rotatable bonds is 5. The summed E-state index contributed by atoms with van der Waals surface area (Å²) in [4.78, 5) is 3.86. The minimum absolute atomic E-state index is 0.196. The first-order valence-corrected chi connectivity index (χ1v) is 5.65. The lowest BCUT2D eigenvalue weighted by Crippen LogP contribution is -2.02. The molecule has 7 heteroatoms. The molecule has 1 aromatic heterocycles. The fourth-order valence-corrected chi connectivity index (χ4v) is 0.946. The van der Waals surface area contributed by atoms with Crippen LogP contribution in [0.2, 0.25) is 0 Å². The van der Waals surface area contributed by atoms with Gasteiger partial charge in [0.25, 0.3) is 0 Å². The zero-order valence-electron chi connectivity index (χ0n) is 8.69. The van der Waals surface area contributed by atoms with E-state index in [1.165, 1.54) is 6.08 Å². The summed E-state index contributed by atoms with van der Waals surface area (Å²) in [7, 11) is -4.26. The normalized spacial score (nSPS) is 10.1. The maximum absolute atomic E-state index is 9.68. The zero-order chi connectivity index (χ0) is 12.4. The number of aromatic nitrogens is 2. The molecule has 1 aromatic rings. The molecule has 1 N–H and O–H groups in total. The summed E-state index contributed by atoms with van der Waals surface area (Å²) in [5.41, 5.74) is 0. The third-order valence-corrected chi connectivity index (χ3v) is 1.67. The number of hydrogen-bond donors (Lipinski definition) is 1. The molecule has 6 nitrogen and oxygen atoms in total. The lowest BCUT2D eigenvalue weighted by Gasteiger charge is -1.90. The van der Waals surface area contributed by atoms with Crippen LogP contribution in [-0.4, -0.2) is 29.1 Å². The second kappa shape index (κ2) is 7.80. The van der Waals surface area contributed by atoms with Crippen LogP contribution < -0.4 is 0 Å². The van der Waals surface area contributed by atoms with E-state index in [-0.39, 0.29) is 6.61 Å². The van der Waals surface area contributed by atoms with Gasteiger partial charge in [-0.25, -0.2) is 9.17 Å². The summed E-state index contributed by atoms with van der Waals surface area (Å²) in [5.74, 6) is 0. The summed E-state index contributed by atoms with van der Waals surface area (Å²) in [6.07, 6.45) is 8.47. The minimum Gasteiger partial charge on any atom is -0.334 e. The molecule has 0 aromatic carbocycles. The van der Waals surface area contributed by atoms with E-state index in [4.69, 9.17) is 4.55 Å². The maximum Gasteiger partial charge on any atom is 0.397 e. The average Bonchev–Trinajstić information content (AvgIpc) is 2.68. The molecular formula is C9H14N2O4S. The van der Waals surface area contributed by atoms with Gasteiger partial charge < -0.3 is 4.57 Å². The third-order valence-electron chi connectivity index (χ3n) is 1.23. The Morgan fingerprint density at radius 1 is 1.44 bits per heavy atom. The molecule has 0 fully saturated rings. The molecule has 0 spiro atoms. The number of hydrogen-bond acceptors (Lipinski definition) is 4. The van der Waals surface area contributed by atoms with E-state index in [2.05, 4.69) is 22.3 Å². The van der Waals surface area contributed by atoms with Gasteiger partial charge in [-0.05, 0) is 0 Å². The Morgan fingerprint density at radius 3 is 2.44 bits per heavy atom. The topological polar surface area (TPSA) is 81.4 Å². The van der Waals surface area contributed by atoms with Crippen LogP contribution in [0.5, 0.6) is 0 Å². The quantitative estimate of drug-likeness (QED) is 0.620. The van der Waals surface area contributed by atoms with Crippen molar-refractivity contribution in [2.24, 2.45) is 0 Å². The summed E-state index contributed by atoms with van der Waals surface area (Å²) in [6.45, 7) is 7.40. The smallest absolute Gasteiger partial charge is 0.334 e. The lowest BCUT2D eigenvalue weighted by molar-refractivity contribution is 0.296. The molecule has 0 atom stereocenters. The van der Waals surface area contributed by atoms with Gasteiger partial charge in [0.2, 0.25) is 0 Å². The fraction of sp³-hybridized carbons (Fsp3) is 0.222. The highest BCUT2D eigenvalue weighted by Gasteiger charge is 1.99. The van der Waals surface area contributed by atoms with Crippen molar-refractivity contribution in [1.82, 2.24) is 9.55 Å². The Kier molecular flexibility index (Phi) is 7.10. The van der Waals surface area contributed by atoms with Crippen molar-refractivity contribution in [3.8, 4) is 0 Å². The first-order valence-electron chi connectivity index (χ1n) is 4.29. The van der Waals surface area contributed by atoms with Crippen LogP contribution in [0.1, 0.15) is 0 Å². The highest BCUT2D eigenvalue weighted by atomic mass is 32.3. The van der Waals surface area contributed by atoms with Gasteiger partial charge in [-0.15, -0.1) is 13.2 Å². The molecule has 1 rings (SSSR count). The van der Waals surface area contributed by atoms with Crippen LogP contribution in [0.25, 0.3) is 0 Å². The van der Waals surface area contributed by atoms with E-state index in [1.807, 2.05) is 16.8 Å². The molecule has 0 amide bonds. The van der Waals surface area contributed by atoms with Crippen molar-refractivity contribution in [2.75, 3.05) is 6.61 Å². The highest BCUT2D eigenvalue weighted by Crippen LogP contribution is 1.84. The second-order valence-electron chi connectivity index (χ2n) is 2.55. The zero-order valence-corrected chi connectivity index (χ0v) is 9.51. The van der Waals surface area contributed by atoms with Crippen molar-refractivity contribution in [1.29, 1.82) is 0 Å². The molecule has 0 bridgehead atoms. The van der Waals surface area contributed by atoms with E-state index in [9.17, 15) is 8.42 Å². The predicted molar refractivity (Wildman–Crippen MR) is 60.1 cm³/mol. The van der Waals surface area contributed by atoms with Gasteiger partial charge in [0, 0.05) is 18.9 Å². The van der Waals surface area contributed by atoms with Crippen LogP contribution in [0.15, 0.2) is 44.0 Å². The van der Waals surface area contributed by atoms with E-state index >= 15 is 0 Å². The molecule has 0 aliphatic rings. The van der Waals surface area contributed by atoms with Crippen molar-refractivity contribution in [3.63, 3.8) is 0 Å². The lowest BCUT2D eigenvalue weighted by atomic mass is 10.6. The van der Waals surface area contributed by atoms with Crippen LogP contribution in [0, 0.1) is 0 Å². The predicted octanol–water partition coefficient (Wildman–Crippen LogP) is 1.06. The summed E-state index contributed by atoms with van der Waals surface area (Å²) in [6, 6.07) is 0. The molecular weight excluding hydrogens is 232 g/mol. The minimum atomic E-state index is -4.26. The third kappa shape index (κ3) is 9.13. The van der Waals surface area contributed by atoms with E-state index < -0.39 is 10.4 Å². The van der Waals surface area contributed by atoms with Gasteiger partial charge >= 0.3 is 10.4 Å². The van der Waals surface area contributed by atoms with Gasteiger partial charge in [0.05, 0.1) is 12.9 Å². The molecule has 90 valence electrons. The summed E-state index contributed by atoms with van der Waals surface area (Å²) < 4.78 is 32.9. The van der Waals surface area contributed by atoms with E-state index in [0.29, 0.717) is 0 Å². The molecule has 1 heterocycles. The fourth-order valence-electron chi connectivity index (χ4n) is 0.678. The van der Waals surface area contributed by atoms with Gasteiger partial charge in [0.1, 0.15) is 0 Å². The molecule has 0 unspecified atom stereocenters. The van der Waals surface area contributed by atoms with Gasteiger partial charge in [-0.1, -0.05) is 12.2 Å². The molecule has 0 saturated carbocycles. The molecule has 0 radical (unpaired) electrons. The van der Waals surface area contributed by atoms with E-state index in [1.54, 1.807) is 12.5 Å². The molecule has 0 aliphatic carbocycles. The second-order valence-corrected chi connectivity index (χ2v) is 3.64. The van der Waals surface area contributed by atoms with Crippen LogP contribution in [0.4, 0.5) is 0 Å². The van der Waals surface area contributed by atoms with Crippen LogP contribution in [0.3, 0.4) is 0 Å². The maximum atomic E-state index is 9.68. The largest absolute Gasteiger partial charge is 0.397 e. The highest BCUT2D eigenvalue weighted by molar-refractivity contribution is 7.80. The molecule has 16 heavy (non-hydrogen) atoms. The first kappa shape index (κ1) is 14.6. The Hall–Kier alpha value is -1.44.